The van der Waals surface area contributed by atoms with Crippen LogP contribution >= 0.6 is 11.3 Å². The molecule has 1 aromatic heterocycles. The summed E-state index contributed by atoms with van der Waals surface area (Å²) in [5.41, 5.74) is 8.19. The zero-order valence-corrected chi connectivity index (χ0v) is 9.66. The SMILES string of the molecule is C=C(C)CNC(CN)c1sccc1C. The van der Waals surface area contributed by atoms with Crippen LogP contribution in [0, 0.1) is 6.92 Å². The van der Waals surface area contributed by atoms with E-state index in [-0.39, 0.29) is 6.04 Å². The van der Waals surface area contributed by atoms with Crippen LogP contribution in [0.3, 0.4) is 0 Å². The second-order valence-corrected chi connectivity index (χ2v) is 4.54. The van der Waals surface area contributed by atoms with E-state index in [1.54, 1.807) is 11.3 Å². The number of hydrogen-bond donors (Lipinski definition) is 2. The van der Waals surface area contributed by atoms with Gasteiger partial charge in [-0.05, 0) is 30.9 Å². The van der Waals surface area contributed by atoms with Gasteiger partial charge in [0.2, 0.25) is 0 Å². The molecule has 1 heterocycles. The van der Waals surface area contributed by atoms with Crippen molar-refractivity contribution in [1.29, 1.82) is 0 Å². The van der Waals surface area contributed by atoms with Gasteiger partial charge in [0.15, 0.2) is 0 Å². The fourth-order valence-corrected chi connectivity index (χ4v) is 2.34. The first-order valence-electron chi connectivity index (χ1n) is 4.77. The van der Waals surface area contributed by atoms with Gasteiger partial charge in [0, 0.05) is 18.0 Å². The average molecular weight is 210 g/mol. The van der Waals surface area contributed by atoms with Crippen molar-refractivity contribution in [3.8, 4) is 0 Å². The molecule has 1 unspecified atom stereocenters. The lowest BCUT2D eigenvalue weighted by atomic mass is 10.1. The molecule has 2 nitrogen and oxygen atoms in total. The van der Waals surface area contributed by atoms with Crippen molar-refractivity contribution >= 4 is 11.3 Å². The smallest absolute Gasteiger partial charge is 0.0544 e. The molecule has 0 aromatic carbocycles. The number of rotatable bonds is 5. The molecule has 0 fully saturated rings. The molecule has 3 heteroatoms. The Balaban J connectivity index is 2.63. The molecule has 0 bridgehead atoms. The first-order chi connectivity index (χ1) is 6.65. The summed E-state index contributed by atoms with van der Waals surface area (Å²) in [5.74, 6) is 0. The Hall–Kier alpha value is -0.640. The molecule has 0 amide bonds. The topological polar surface area (TPSA) is 38.0 Å². The van der Waals surface area contributed by atoms with Crippen molar-refractivity contribution in [2.24, 2.45) is 5.73 Å². The highest BCUT2D eigenvalue weighted by Crippen LogP contribution is 2.23. The highest BCUT2D eigenvalue weighted by atomic mass is 32.1. The summed E-state index contributed by atoms with van der Waals surface area (Å²) in [7, 11) is 0. The number of thiophene rings is 1. The van der Waals surface area contributed by atoms with E-state index in [9.17, 15) is 0 Å². The van der Waals surface area contributed by atoms with Gasteiger partial charge in [-0.1, -0.05) is 12.2 Å². The zero-order chi connectivity index (χ0) is 10.6. The van der Waals surface area contributed by atoms with E-state index in [0.29, 0.717) is 6.54 Å². The predicted octanol–water partition coefficient (Wildman–Crippen LogP) is 2.22. The van der Waals surface area contributed by atoms with Gasteiger partial charge in [-0.3, -0.25) is 0 Å². The Morgan fingerprint density at radius 2 is 2.43 bits per heavy atom. The molecular weight excluding hydrogens is 192 g/mol. The van der Waals surface area contributed by atoms with E-state index in [2.05, 4.69) is 30.3 Å². The van der Waals surface area contributed by atoms with Gasteiger partial charge in [-0.2, -0.15) is 0 Å². The van der Waals surface area contributed by atoms with Crippen LogP contribution in [0.5, 0.6) is 0 Å². The van der Waals surface area contributed by atoms with Crippen LogP contribution in [0.25, 0.3) is 0 Å². The summed E-state index contributed by atoms with van der Waals surface area (Å²) >= 11 is 1.76. The summed E-state index contributed by atoms with van der Waals surface area (Å²) in [4.78, 5) is 1.34. The number of nitrogens with two attached hydrogens (primary N) is 1. The quantitative estimate of drug-likeness (QED) is 0.731. The first-order valence-corrected chi connectivity index (χ1v) is 5.65. The second kappa shape index (κ2) is 5.29. The van der Waals surface area contributed by atoms with Crippen LogP contribution < -0.4 is 11.1 Å². The third-order valence-electron chi connectivity index (χ3n) is 2.10. The zero-order valence-electron chi connectivity index (χ0n) is 8.84. The summed E-state index contributed by atoms with van der Waals surface area (Å²) in [5, 5.41) is 5.50. The number of hydrogen-bond acceptors (Lipinski definition) is 3. The fourth-order valence-electron chi connectivity index (χ4n) is 1.32. The average Bonchev–Trinajstić information content (AvgIpc) is 2.53. The summed E-state index contributed by atoms with van der Waals surface area (Å²) < 4.78 is 0. The van der Waals surface area contributed by atoms with Crippen molar-refractivity contribution in [2.45, 2.75) is 19.9 Å². The summed E-state index contributed by atoms with van der Waals surface area (Å²) in [6.45, 7) is 9.47. The minimum absolute atomic E-state index is 0.270. The lowest BCUT2D eigenvalue weighted by Gasteiger charge is -2.16. The lowest BCUT2D eigenvalue weighted by Crippen LogP contribution is -2.29. The largest absolute Gasteiger partial charge is 0.329 e. The lowest BCUT2D eigenvalue weighted by molar-refractivity contribution is 0.576. The van der Waals surface area contributed by atoms with Gasteiger partial charge in [-0.25, -0.2) is 0 Å². The van der Waals surface area contributed by atoms with Crippen LogP contribution in [0.1, 0.15) is 23.4 Å². The Kier molecular flexibility index (Phi) is 4.32. The molecule has 0 aliphatic carbocycles. The standard InChI is InChI=1S/C11H18N2S/c1-8(2)7-13-10(6-12)11-9(3)4-5-14-11/h4-5,10,13H,1,6-7,12H2,2-3H3. The maximum atomic E-state index is 5.73. The molecule has 78 valence electrons. The van der Waals surface area contributed by atoms with Crippen molar-refractivity contribution in [2.75, 3.05) is 13.1 Å². The van der Waals surface area contributed by atoms with Gasteiger partial charge in [0.25, 0.3) is 0 Å². The van der Waals surface area contributed by atoms with Crippen LogP contribution in [-0.2, 0) is 0 Å². The van der Waals surface area contributed by atoms with E-state index < -0.39 is 0 Å². The third-order valence-corrected chi connectivity index (χ3v) is 3.24. The van der Waals surface area contributed by atoms with Crippen molar-refractivity contribution in [3.63, 3.8) is 0 Å². The highest BCUT2D eigenvalue weighted by Gasteiger charge is 2.12. The maximum Gasteiger partial charge on any atom is 0.0544 e. The van der Waals surface area contributed by atoms with Gasteiger partial charge in [0.05, 0.1) is 6.04 Å². The first kappa shape index (κ1) is 11.4. The fraction of sp³-hybridized carbons (Fsp3) is 0.455. The molecule has 14 heavy (non-hydrogen) atoms. The van der Waals surface area contributed by atoms with E-state index >= 15 is 0 Å². The third kappa shape index (κ3) is 2.94. The molecule has 1 aromatic rings. The Morgan fingerprint density at radius 3 is 2.86 bits per heavy atom. The Labute approximate surface area is 89.8 Å². The van der Waals surface area contributed by atoms with Crippen LogP contribution in [0.15, 0.2) is 23.6 Å². The minimum Gasteiger partial charge on any atom is -0.329 e. The maximum absolute atomic E-state index is 5.73. The van der Waals surface area contributed by atoms with Crippen LogP contribution in [0.2, 0.25) is 0 Å². The molecule has 0 saturated heterocycles. The van der Waals surface area contributed by atoms with E-state index in [1.165, 1.54) is 10.4 Å². The summed E-state index contributed by atoms with van der Waals surface area (Å²) in [6, 6.07) is 2.40. The monoisotopic (exact) mass is 210 g/mol. The highest BCUT2D eigenvalue weighted by molar-refractivity contribution is 7.10. The Morgan fingerprint density at radius 1 is 1.71 bits per heavy atom. The van der Waals surface area contributed by atoms with Gasteiger partial charge < -0.3 is 11.1 Å². The molecule has 1 atom stereocenters. The molecule has 0 aliphatic heterocycles. The van der Waals surface area contributed by atoms with E-state index in [0.717, 1.165) is 12.1 Å². The van der Waals surface area contributed by atoms with Crippen molar-refractivity contribution < 1.29 is 0 Å². The molecule has 1 rings (SSSR count). The van der Waals surface area contributed by atoms with Gasteiger partial charge in [0.1, 0.15) is 0 Å². The van der Waals surface area contributed by atoms with Gasteiger partial charge >= 0.3 is 0 Å². The van der Waals surface area contributed by atoms with Crippen molar-refractivity contribution in [1.82, 2.24) is 5.32 Å². The second-order valence-electron chi connectivity index (χ2n) is 3.59. The predicted molar refractivity (Wildman–Crippen MR) is 63.7 cm³/mol. The molecule has 0 spiro atoms. The molecule has 3 N–H and O–H groups in total. The minimum atomic E-state index is 0.270. The van der Waals surface area contributed by atoms with Crippen LogP contribution in [-0.4, -0.2) is 13.1 Å². The summed E-state index contributed by atoms with van der Waals surface area (Å²) in [6.07, 6.45) is 0. The number of aryl methyl sites for hydroxylation is 1. The normalized spacial score (nSPS) is 12.8. The number of nitrogens with one attached hydrogen (secondary N) is 1. The van der Waals surface area contributed by atoms with Crippen molar-refractivity contribution in [3.05, 3.63) is 34.0 Å². The molecule has 0 aliphatic rings. The molecular formula is C11H18N2S. The molecule has 0 radical (unpaired) electrons. The van der Waals surface area contributed by atoms with E-state index in [1.807, 2.05) is 6.92 Å². The van der Waals surface area contributed by atoms with Gasteiger partial charge in [-0.15, -0.1) is 11.3 Å². The Bertz CT molecular complexity index is 304. The van der Waals surface area contributed by atoms with E-state index in [4.69, 9.17) is 5.73 Å². The molecule has 0 saturated carbocycles. The van der Waals surface area contributed by atoms with Crippen LogP contribution in [0.4, 0.5) is 0 Å².